The van der Waals surface area contributed by atoms with E-state index < -0.39 is 0 Å². The van der Waals surface area contributed by atoms with Crippen molar-refractivity contribution < 1.29 is 14.4 Å². The van der Waals surface area contributed by atoms with Gasteiger partial charge in [0.25, 0.3) is 0 Å². The number of hydrogen-bond acceptors (Lipinski definition) is 3. The fraction of sp³-hybridized carbons (Fsp3) is 0.842. The van der Waals surface area contributed by atoms with Gasteiger partial charge in [-0.2, -0.15) is 0 Å². The molecule has 0 aromatic heterocycles. The van der Waals surface area contributed by atoms with E-state index in [-0.39, 0.29) is 16.7 Å². The van der Waals surface area contributed by atoms with Gasteiger partial charge < -0.3 is 0 Å². The van der Waals surface area contributed by atoms with Gasteiger partial charge in [-0.05, 0) is 48.9 Å². The average Bonchev–Trinajstić information content (AvgIpc) is 2.75. The zero-order valence-electron chi connectivity index (χ0n) is 13.7. The average molecular weight is 302 g/mol. The molecule has 4 saturated carbocycles. The van der Waals surface area contributed by atoms with Crippen LogP contribution < -0.4 is 0 Å². The lowest BCUT2D eigenvalue weighted by Crippen LogP contribution is -2.57. The Hall–Kier alpha value is -0.990. The van der Waals surface area contributed by atoms with Gasteiger partial charge in [0.1, 0.15) is 17.3 Å². The highest BCUT2D eigenvalue weighted by Crippen LogP contribution is 2.64. The summed E-state index contributed by atoms with van der Waals surface area (Å²) < 4.78 is 0. The SMILES string of the molecule is C[C@]12CCC(=O)CC1CCC1C2C(=O)C[C@]2(C)C(=O)CCC12. The maximum Gasteiger partial charge on any atom is 0.139 e. The molecule has 120 valence electrons. The molecule has 0 spiro atoms. The molecular weight excluding hydrogens is 276 g/mol. The van der Waals surface area contributed by atoms with Gasteiger partial charge in [0, 0.05) is 37.0 Å². The molecule has 0 amide bonds. The summed E-state index contributed by atoms with van der Waals surface area (Å²) in [5, 5.41) is 0. The van der Waals surface area contributed by atoms with E-state index in [1.807, 2.05) is 6.92 Å². The zero-order chi connectivity index (χ0) is 15.7. The fourth-order valence-corrected chi connectivity index (χ4v) is 6.64. The second-order valence-electron chi connectivity index (χ2n) is 8.79. The number of carbonyl (C=O) groups is 3. The van der Waals surface area contributed by atoms with E-state index in [9.17, 15) is 14.4 Å². The summed E-state index contributed by atoms with van der Waals surface area (Å²) in [5.41, 5.74) is -0.382. The molecule has 0 aromatic carbocycles. The quantitative estimate of drug-likeness (QED) is 0.689. The van der Waals surface area contributed by atoms with Crippen LogP contribution >= 0.6 is 0 Å². The van der Waals surface area contributed by atoms with Gasteiger partial charge >= 0.3 is 0 Å². The molecule has 0 N–H and O–H groups in total. The highest BCUT2D eigenvalue weighted by molar-refractivity contribution is 5.95. The van der Waals surface area contributed by atoms with Crippen LogP contribution in [0.3, 0.4) is 0 Å². The summed E-state index contributed by atoms with van der Waals surface area (Å²) in [6.07, 6.45) is 6.39. The predicted octanol–water partition coefficient (Wildman–Crippen LogP) is 3.35. The molecule has 4 unspecified atom stereocenters. The molecular formula is C19H26O3. The Balaban J connectivity index is 1.72. The number of rotatable bonds is 0. The Morgan fingerprint density at radius 3 is 2.55 bits per heavy atom. The summed E-state index contributed by atoms with van der Waals surface area (Å²) in [6.45, 7) is 4.30. The summed E-state index contributed by atoms with van der Waals surface area (Å²) in [4.78, 5) is 37.2. The largest absolute Gasteiger partial charge is 0.300 e. The van der Waals surface area contributed by atoms with E-state index in [0.29, 0.717) is 60.8 Å². The first kappa shape index (κ1) is 14.6. The molecule has 0 heterocycles. The molecule has 4 fully saturated rings. The topological polar surface area (TPSA) is 51.2 Å². The Morgan fingerprint density at radius 2 is 1.77 bits per heavy atom. The Labute approximate surface area is 132 Å². The van der Waals surface area contributed by atoms with Crippen molar-refractivity contribution in [3.05, 3.63) is 0 Å². The molecule has 4 aliphatic carbocycles. The minimum Gasteiger partial charge on any atom is -0.300 e. The molecule has 0 radical (unpaired) electrons. The van der Waals surface area contributed by atoms with Crippen LogP contribution in [0.1, 0.15) is 65.2 Å². The van der Waals surface area contributed by atoms with Crippen LogP contribution in [0.15, 0.2) is 0 Å². The highest BCUT2D eigenvalue weighted by Gasteiger charge is 2.63. The first-order chi connectivity index (χ1) is 10.4. The van der Waals surface area contributed by atoms with Crippen LogP contribution in [0.25, 0.3) is 0 Å². The highest BCUT2D eigenvalue weighted by atomic mass is 16.1. The van der Waals surface area contributed by atoms with Gasteiger partial charge in [0.05, 0.1) is 0 Å². The van der Waals surface area contributed by atoms with E-state index in [0.717, 1.165) is 25.7 Å². The third-order valence-electron chi connectivity index (χ3n) is 7.88. The van der Waals surface area contributed by atoms with E-state index in [1.165, 1.54) is 0 Å². The second kappa shape index (κ2) is 4.52. The lowest BCUT2D eigenvalue weighted by atomic mass is 9.45. The number of ketones is 3. The lowest BCUT2D eigenvalue weighted by molar-refractivity contribution is -0.161. The van der Waals surface area contributed by atoms with Crippen LogP contribution in [0.5, 0.6) is 0 Å². The van der Waals surface area contributed by atoms with E-state index in [1.54, 1.807) is 0 Å². The Bertz CT molecular complexity index is 565. The van der Waals surface area contributed by atoms with Crippen molar-refractivity contribution in [1.29, 1.82) is 0 Å². The second-order valence-corrected chi connectivity index (χ2v) is 8.79. The van der Waals surface area contributed by atoms with Gasteiger partial charge in [-0.25, -0.2) is 0 Å². The van der Waals surface area contributed by atoms with Crippen molar-refractivity contribution in [3.8, 4) is 0 Å². The summed E-state index contributed by atoms with van der Waals surface area (Å²) >= 11 is 0. The monoisotopic (exact) mass is 302 g/mol. The van der Waals surface area contributed by atoms with Crippen molar-refractivity contribution >= 4 is 17.3 Å². The molecule has 0 aliphatic heterocycles. The molecule has 0 aromatic rings. The zero-order valence-corrected chi connectivity index (χ0v) is 13.7. The Kier molecular flexibility index (Phi) is 3.00. The van der Waals surface area contributed by atoms with Crippen LogP contribution in [-0.2, 0) is 14.4 Å². The van der Waals surface area contributed by atoms with Crippen molar-refractivity contribution in [2.45, 2.75) is 65.2 Å². The van der Waals surface area contributed by atoms with E-state index in [4.69, 9.17) is 0 Å². The van der Waals surface area contributed by atoms with Crippen LogP contribution in [0, 0.1) is 34.5 Å². The molecule has 3 nitrogen and oxygen atoms in total. The van der Waals surface area contributed by atoms with Crippen LogP contribution in [0.4, 0.5) is 0 Å². The number of hydrogen-bond donors (Lipinski definition) is 0. The first-order valence-corrected chi connectivity index (χ1v) is 8.94. The molecule has 0 saturated heterocycles. The third kappa shape index (κ3) is 1.71. The molecule has 0 bridgehead atoms. The van der Waals surface area contributed by atoms with Gasteiger partial charge in [0.15, 0.2) is 0 Å². The van der Waals surface area contributed by atoms with E-state index >= 15 is 0 Å². The molecule has 4 aliphatic rings. The van der Waals surface area contributed by atoms with Crippen molar-refractivity contribution in [1.82, 2.24) is 0 Å². The molecule has 4 rings (SSSR count). The lowest BCUT2D eigenvalue weighted by Gasteiger charge is -2.58. The number of carbonyl (C=O) groups excluding carboxylic acids is 3. The third-order valence-corrected chi connectivity index (χ3v) is 7.88. The van der Waals surface area contributed by atoms with Crippen LogP contribution in [0.2, 0.25) is 0 Å². The normalized spacial score (nSPS) is 51.3. The predicted molar refractivity (Wildman–Crippen MR) is 82.1 cm³/mol. The standard InChI is InChI=1S/C19H26O3/c1-18-8-7-12(20)9-11(18)3-4-13-14-5-6-16(22)19(14,2)10-15(21)17(13)18/h11,13-14,17H,3-10H2,1-2H3/t11?,13?,14?,17?,18-,19-/m0/s1. The molecule has 3 heteroatoms. The van der Waals surface area contributed by atoms with Gasteiger partial charge in [-0.1, -0.05) is 13.8 Å². The maximum absolute atomic E-state index is 13.0. The van der Waals surface area contributed by atoms with Crippen molar-refractivity contribution in [2.24, 2.45) is 34.5 Å². The molecule has 22 heavy (non-hydrogen) atoms. The number of Topliss-reactive ketones (excluding diaryl/α,β-unsaturated/α-hetero) is 3. The summed E-state index contributed by atoms with van der Waals surface area (Å²) in [7, 11) is 0. The Morgan fingerprint density at radius 1 is 1.00 bits per heavy atom. The minimum absolute atomic E-state index is 0.000871. The van der Waals surface area contributed by atoms with Gasteiger partial charge in [-0.15, -0.1) is 0 Å². The maximum atomic E-state index is 13.0. The van der Waals surface area contributed by atoms with Crippen molar-refractivity contribution in [3.63, 3.8) is 0 Å². The fourth-order valence-electron chi connectivity index (χ4n) is 6.64. The van der Waals surface area contributed by atoms with Gasteiger partial charge in [-0.3, -0.25) is 14.4 Å². The summed E-state index contributed by atoms with van der Waals surface area (Å²) in [5.74, 6) is 2.29. The first-order valence-electron chi connectivity index (χ1n) is 8.94. The van der Waals surface area contributed by atoms with E-state index in [2.05, 4.69) is 6.92 Å². The van der Waals surface area contributed by atoms with Crippen LogP contribution in [-0.4, -0.2) is 17.3 Å². The number of fused-ring (bicyclic) bond motifs is 5. The van der Waals surface area contributed by atoms with Gasteiger partial charge in [0.2, 0.25) is 0 Å². The van der Waals surface area contributed by atoms with Crippen molar-refractivity contribution in [2.75, 3.05) is 0 Å². The smallest absolute Gasteiger partial charge is 0.139 e. The molecule has 6 atom stereocenters. The minimum atomic E-state index is -0.383. The summed E-state index contributed by atoms with van der Waals surface area (Å²) in [6, 6.07) is 0.